The van der Waals surface area contributed by atoms with Gasteiger partial charge in [-0.25, -0.2) is 9.37 Å². The van der Waals surface area contributed by atoms with Gasteiger partial charge in [-0.3, -0.25) is 0 Å². The molecule has 0 radical (unpaired) electrons. The molecule has 0 spiro atoms. The molecule has 2 aromatic carbocycles. The molecule has 0 unspecified atom stereocenters. The average molecular weight is 343 g/mol. The molecule has 0 aliphatic carbocycles. The van der Waals surface area contributed by atoms with E-state index in [0.29, 0.717) is 22.5 Å². The lowest BCUT2D eigenvalue weighted by atomic mass is 10.2. The normalized spacial score (nSPS) is 10.5. The second-order valence-corrected chi connectivity index (χ2v) is 5.87. The topological polar surface area (TPSA) is 49.8 Å². The van der Waals surface area contributed by atoms with E-state index in [1.807, 2.05) is 38.1 Å². The van der Waals surface area contributed by atoms with Crippen LogP contribution in [0.4, 0.5) is 27.5 Å². The summed E-state index contributed by atoms with van der Waals surface area (Å²) >= 11 is 6.05. The summed E-state index contributed by atoms with van der Waals surface area (Å²) in [6.07, 6.45) is 0. The molecular formula is C18H16ClFN4. The predicted molar refractivity (Wildman–Crippen MR) is 95.9 cm³/mol. The highest BCUT2D eigenvalue weighted by Gasteiger charge is 2.06. The second-order valence-electron chi connectivity index (χ2n) is 5.44. The van der Waals surface area contributed by atoms with Crippen molar-refractivity contribution in [1.29, 1.82) is 0 Å². The smallest absolute Gasteiger partial charge is 0.229 e. The third-order valence-corrected chi connectivity index (χ3v) is 3.63. The van der Waals surface area contributed by atoms with Gasteiger partial charge in [0.2, 0.25) is 5.95 Å². The Bertz CT molecular complexity index is 883. The van der Waals surface area contributed by atoms with Crippen molar-refractivity contribution >= 4 is 34.7 Å². The van der Waals surface area contributed by atoms with Crippen molar-refractivity contribution in [1.82, 2.24) is 9.97 Å². The van der Waals surface area contributed by atoms with Crippen LogP contribution in [0.2, 0.25) is 5.02 Å². The van der Waals surface area contributed by atoms with E-state index in [1.54, 1.807) is 12.1 Å². The third kappa shape index (κ3) is 4.00. The molecular weight excluding hydrogens is 327 g/mol. The molecule has 0 bridgehead atoms. The molecule has 0 saturated heterocycles. The van der Waals surface area contributed by atoms with Crippen LogP contribution in [-0.2, 0) is 0 Å². The number of aromatic nitrogens is 2. The highest BCUT2D eigenvalue weighted by Crippen LogP contribution is 2.24. The fourth-order valence-electron chi connectivity index (χ4n) is 2.25. The van der Waals surface area contributed by atoms with E-state index >= 15 is 0 Å². The highest BCUT2D eigenvalue weighted by atomic mass is 35.5. The zero-order chi connectivity index (χ0) is 17.1. The first-order chi connectivity index (χ1) is 11.5. The van der Waals surface area contributed by atoms with Crippen LogP contribution in [0.3, 0.4) is 0 Å². The van der Waals surface area contributed by atoms with E-state index in [1.165, 1.54) is 12.1 Å². The zero-order valence-electron chi connectivity index (χ0n) is 13.3. The number of aryl methyl sites for hydroxylation is 2. The molecule has 0 saturated carbocycles. The number of nitrogens with zero attached hydrogens (tertiary/aromatic N) is 2. The Morgan fingerprint density at radius 2 is 1.79 bits per heavy atom. The van der Waals surface area contributed by atoms with Gasteiger partial charge < -0.3 is 10.6 Å². The largest absolute Gasteiger partial charge is 0.340 e. The molecule has 24 heavy (non-hydrogen) atoms. The second kappa shape index (κ2) is 6.84. The summed E-state index contributed by atoms with van der Waals surface area (Å²) in [5, 5.41) is 6.90. The molecule has 2 N–H and O–H groups in total. The lowest BCUT2D eigenvalue weighted by Gasteiger charge is -2.12. The molecule has 6 heteroatoms. The van der Waals surface area contributed by atoms with E-state index in [4.69, 9.17) is 11.6 Å². The van der Waals surface area contributed by atoms with Crippen molar-refractivity contribution in [3.63, 3.8) is 0 Å². The molecule has 122 valence electrons. The standard InChI is InChI=1S/C18H16ClFN4/c1-11-6-7-13(19)9-16(11)23-17-8-12(2)21-18(24-17)22-15-5-3-4-14(20)10-15/h3-10H,1-2H3,(H2,21,22,23,24). The molecule has 0 fully saturated rings. The minimum Gasteiger partial charge on any atom is -0.340 e. The number of benzene rings is 2. The van der Waals surface area contributed by atoms with Gasteiger partial charge in [0.05, 0.1) is 0 Å². The lowest BCUT2D eigenvalue weighted by Crippen LogP contribution is -2.03. The van der Waals surface area contributed by atoms with Crippen LogP contribution in [0.5, 0.6) is 0 Å². The van der Waals surface area contributed by atoms with E-state index in [9.17, 15) is 4.39 Å². The molecule has 0 aliphatic heterocycles. The summed E-state index contributed by atoms with van der Waals surface area (Å²) in [4.78, 5) is 8.76. The average Bonchev–Trinajstić information content (AvgIpc) is 2.50. The van der Waals surface area contributed by atoms with Crippen LogP contribution in [0.25, 0.3) is 0 Å². The van der Waals surface area contributed by atoms with Crippen LogP contribution in [0, 0.1) is 19.7 Å². The number of rotatable bonds is 4. The Labute approximate surface area is 144 Å². The van der Waals surface area contributed by atoms with E-state index < -0.39 is 0 Å². The van der Waals surface area contributed by atoms with Crippen LogP contribution in [-0.4, -0.2) is 9.97 Å². The summed E-state index contributed by atoms with van der Waals surface area (Å²) in [7, 11) is 0. The quantitative estimate of drug-likeness (QED) is 0.669. The number of anilines is 4. The van der Waals surface area contributed by atoms with Gasteiger partial charge in [-0.1, -0.05) is 23.7 Å². The van der Waals surface area contributed by atoms with E-state index in [0.717, 1.165) is 16.9 Å². The monoisotopic (exact) mass is 342 g/mol. The fourth-order valence-corrected chi connectivity index (χ4v) is 2.42. The van der Waals surface area contributed by atoms with Crippen molar-refractivity contribution in [3.8, 4) is 0 Å². The minimum atomic E-state index is -0.319. The molecule has 0 amide bonds. The fraction of sp³-hybridized carbons (Fsp3) is 0.111. The molecule has 0 atom stereocenters. The summed E-state index contributed by atoms with van der Waals surface area (Å²) < 4.78 is 13.3. The predicted octanol–water partition coefficient (Wildman–Crippen LogP) is 5.37. The zero-order valence-corrected chi connectivity index (χ0v) is 14.0. The van der Waals surface area contributed by atoms with Gasteiger partial charge in [0.15, 0.2) is 0 Å². The number of hydrogen-bond acceptors (Lipinski definition) is 4. The number of hydrogen-bond donors (Lipinski definition) is 2. The van der Waals surface area contributed by atoms with E-state index in [2.05, 4.69) is 20.6 Å². The van der Waals surface area contributed by atoms with Gasteiger partial charge in [0.25, 0.3) is 0 Å². The van der Waals surface area contributed by atoms with Gasteiger partial charge in [-0.2, -0.15) is 4.98 Å². The lowest BCUT2D eigenvalue weighted by molar-refractivity contribution is 0.628. The Morgan fingerprint density at radius 1 is 0.958 bits per heavy atom. The molecule has 4 nitrogen and oxygen atoms in total. The Kier molecular flexibility index (Phi) is 4.62. The summed E-state index contributed by atoms with van der Waals surface area (Å²) in [5.41, 5.74) is 3.30. The first-order valence-electron chi connectivity index (χ1n) is 7.41. The Balaban J connectivity index is 1.87. The van der Waals surface area contributed by atoms with Gasteiger partial charge in [0.1, 0.15) is 11.6 Å². The van der Waals surface area contributed by atoms with Crippen molar-refractivity contribution in [2.45, 2.75) is 13.8 Å². The van der Waals surface area contributed by atoms with Gasteiger partial charge in [-0.15, -0.1) is 0 Å². The van der Waals surface area contributed by atoms with E-state index in [-0.39, 0.29) is 5.82 Å². The first kappa shape index (κ1) is 16.2. The van der Waals surface area contributed by atoms with Crippen LogP contribution >= 0.6 is 11.6 Å². The van der Waals surface area contributed by atoms with Crippen molar-refractivity contribution in [3.05, 3.63) is 70.6 Å². The van der Waals surface area contributed by atoms with Crippen molar-refractivity contribution in [2.24, 2.45) is 0 Å². The Hall–Kier alpha value is -2.66. The molecule has 0 aliphatic rings. The summed E-state index contributed by atoms with van der Waals surface area (Å²) in [6.45, 7) is 3.85. The number of halogens is 2. The number of nitrogens with one attached hydrogen (secondary N) is 2. The van der Waals surface area contributed by atoms with Crippen LogP contribution < -0.4 is 10.6 Å². The van der Waals surface area contributed by atoms with Crippen molar-refractivity contribution < 1.29 is 4.39 Å². The maximum absolute atomic E-state index is 13.3. The van der Waals surface area contributed by atoms with Crippen molar-refractivity contribution in [2.75, 3.05) is 10.6 Å². The van der Waals surface area contributed by atoms with Crippen LogP contribution in [0.15, 0.2) is 48.5 Å². The molecule has 3 aromatic rings. The summed E-state index contributed by atoms with van der Waals surface area (Å²) in [6, 6.07) is 13.6. The molecule has 1 aromatic heterocycles. The third-order valence-electron chi connectivity index (χ3n) is 3.40. The van der Waals surface area contributed by atoms with Gasteiger partial charge >= 0.3 is 0 Å². The summed E-state index contributed by atoms with van der Waals surface area (Å²) in [5.74, 6) is 0.704. The maximum atomic E-state index is 13.3. The van der Waals surface area contributed by atoms with Gasteiger partial charge in [-0.05, 0) is 49.7 Å². The van der Waals surface area contributed by atoms with Crippen LogP contribution in [0.1, 0.15) is 11.3 Å². The molecule has 1 heterocycles. The first-order valence-corrected chi connectivity index (χ1v) is 7.79. The maximum Gasteiger partial charge on any atom is 0.229 e. The highest BCUT2D eigenvalue weighted by molar-refractivity contribution is 6.30. The SMILES string of the molecule is Cc1cc(Nc2cc(Cl)ccc2C)nc(Nc2cccc(F)c2)n1. The van der Waals surface area contributed by atoms with Gasteiger partial charge in [0, 0.05) is 28.2 Å². The Morgan fingerprint density at radius 3 is 2.58 bits per heavy atom. The minimum absolute atomic E-state index is 0.319. The molecule has 3 rings (SSSR count).